The molecule has 23 heavy (non-hydrogen) atoms. The van der Waals surface area contributed by atoms with E-state index in [4.69, 9.17) is 14.7 Å². The molecule has 1 rings (SSSR count). The van der Waals surface area contributed by atoms with Crippen LogP contribution in [0.25, 0.3) is 0 Å². The molecular weight excluding hydrogens is 300 g/mol. The predicted molar refractivity (Wildman–Crippen MR) is 84.8 cm³/mol. The number of ether oxygens (including phenoxy) is 1. The second kappa shape index (κ2) is 8.99. The average Bonchev–Trinajstić information content (AvgIpc) is 2.43. The summed E-state index contributed by atoms with van der Waals surface area (Å²) in [5, 5.41) is 11.9. The SMILES string of the molecule is CC(C)(C)OC(=O)NOCCCNC(=O)Cc1ccc(O)cc1. The smallest absolute Gasteiger partial charge is 0.431 e. The fraction of sp³-hybridized carbons (Fsp3) is 0.500. The van der Waals surface area contributed by atoms with Crippen molar-refractivity contribution in [2.75, 3.05) is 13.2 Å². The van der Waals surface area contributed by atoms with Crippen molar-refractivity contribution in [3.8, 4) is 5.75 Å². The minimum Gasteiger partial charge on any atom is -0.508 e. The lowest BCUT2D eigenvalue weighted by molar-refractivity contribution is -0.120. The van der Waals surface area contributed by atoms with Gasteiger partial charge in [-0.2, -0.15) is 5.48 Å². The van der Waals surface area contributed by atoms with Crippen molar-refractivity contribution >= 4 is 12.0 Å². The van der Waals surface area contributed by atoms with Gasteiger partial charge in [-0.3, -0.25) is 9.63 Å². The van der Waals surface area contributed by atoms with Crippen LogP contribution in [0, 0.1) is 0 Å². The third kappa shape index (κ3) is 9.36. The lowest BCUT2D eigenvalue weighted by atomic mass is 10.1. The molecule has 1 aromatic carbocycles. The zero-order valence-corrected chi connectivity index (χ0v) is 13.7. The number of rotatable bonds is 7. The maximum atomic E-state index is 11.7. The van der Waals surface area contributed by atoms with Crippen molar-refractivity contribution in [2.24, 2.45) is 0 Å². The first-order valence-electron chi connectivity index (χ1n) is 7.41. The Balaban J connectivity index is 2.07. The van der Waals surface area contributed by atoms with E-state index in [0.29, 0.717) is 13.0 Å². The Hall–Kier alpha value is -2.28. The standard InChI is InChI=1S/C16H24N2O5/c1-16(2,3)23-15(21)18-22-10-4-9-17-14(20)11-12-5-7-13(19)8-6-12/h5-8,19H,4,9-11H2,1-3H3,(H,17,20)(H,18,21). The highest BCUT2D eigenvalue weighted by Gasteiger charge is 2.15. The number of carbonyl (C=O) groups is 2. The van der Waals surface area contributed by atoms with Gasteiger partial charge in [-0.15, -0.1) is 0 Å². The van der Waals surface area contributed by atoms with Gasteiger partial charge in [0.15, 0.2) is 0 Å². The number of aromatic hydroxyl groups is 1. The van der Waals surface area contributed by atoms with Gasteiger partial charge >= 0.3 is 6.09 Å². The van der Waals surface area contributed by atoms with E-state index < -0.39 is 11.7 Å². The van der Waals surface area contributed by atoms with Crippen LogP contribution in [0.2, 0.25) is 0 Å². The van der Waals surface area contributed by atoms with Gasteiger partial charge in [0.2, 0.25) is 5.91 Å². The Morgan fingerprint density at radius 3 is 2.43 bits per heavy atom. The summed E-state index contributed by atoms with van der Waals surface area (Å²) in [4.78, 5) is 27.9. The molecule has 0 radical (unpaired) electrons. The molecule has 0 aromatic heterocycles. The fourth-order valence-corrected chi connectivity index (χ4v) is 1.64. The van der Waals surface area contributed by atoms with Gasteiger partial charge in [-0.25, -0.2) is 4.79 Å². The van der Waals surface area contributed by atoms with E-state index in [9.17, 15) is 9.59 Å². The maximum absolute atomic E-state index is 11.7. The Kier molecular flexibility index (Phi) is 7.34. The summed E-state index contributed by atoms with van der Waals surface area (Å²) in [6.45, 7) is 5.98. The summed E-state index contributed by atoms with van der Waals surface area (Å²) >= 11 is 0. The Morgan fingerprint density at radius 2 is 1.83 bits per heavy atom. The Morgan fingerprint density at radius 1 is 1.17 bits per heavy atom. The quantitative estimate of drug-likeness (QED) is 0.526. The van der Waals surface area contributed by atoms with E-state index >= 15 is 0 Å². The molecule has 7 heteroatoms. The van der Waals surface area contributed by atoms with Crippen LogP contribution < -0.4 is 10.8 Å². The average molecular weight is 324 g/mol. The first-order chi connectivity index (χ1) is 10.8. The summed E-state index contributed by atoms with van der Waals surface area (Å²) in [7, 11) is 0. The summed E-state index contributed by atoms with van der Waals surface area (Å²) in [6.07, 6.45) is 0.155. The molecule has 0 aliphatic rings. The van der Waals surface area contributed by atoms with E-state index in [-0.39, 0.29) is 24.7 Å². The molecular formula is C16H24N2O5. The molecule has 0 aliphatic heterocycles. The third-order valence-electron chi connectivity index (χ3n) is 2.60. The number of nitrogens with one attached hydrogen (secondary N) is 2. The number of hydrogen-bond acceptors (Lipinski definition) is 5. The predicted octanol–water partition coefficient (Wildman–Crippen LogP) is 1.90. The van der Waals surface area contributed by atoms with Crippen LogP contribution >= 0.6 is 0 Å². The van der Waals surface area contributed by atoms with E-state index in [1.807, 2.05) is 0 Å². The first-order valence-corrected chi connectivity index (χ1v) is 7.41. The molecule has 0 atom stereocenters. The van der Waals surface area contributed by atoms with E-state index in [2.05, 4.69) is 10.8 Å². The molecule has 0 heterocycles. The molecule has 128 valence electrons. The highest BCUT2D eigenvalue weighted by molar-refractivity contribution is 5.78. The number of carbonyl (C=O) groups excluding carboxylic acids is 2. The molecule has 0 unspecified atom stereocenters. The maximum Gasteiger partial charge on any atom is 0.431 e. The number of amides is 2. The fourth-order valence-electron chi connectivity index (χ4n) is 1.64. The van der Waals surface area contributed by atoms with Crippen LogP contribution in [-0.2, 0) is 20.8 Å². The topological polar surface area (TPSA) is 96.9 Å². The van der Waals surface area contributed by atoms with E-state index in [1.165, 1.54) is 0 Å². The zero-order valence-electron chi connectivity index (χ0n) is 13.7. The Labute approximate surface area is 135 Å². The van der Waals surface area contributed by atoms with Crippen molar-refractivity contribution in [3.63, 3.8) is 0 Å². The monoisotopic (exact) mass is 324 g/mol. The van der Waals surface area contributed by atoms with Crippen LogP contribution in [0.15, 0.2) is 24.3 Å². The van der Waals surface area contributed by atoms with Gasteiger partial charge in [0.1, 0.15) is 11.4 Å². The van der Waals surface area contributed by atoms with Crippen LogP contribution in [0.3, 0.4) is 0 Å². The second-order valence-electron chi connectivity index (χ2n) is 6.00. The molecule has 2 amide bonds. The second-order valence-corrected chi connectivity index (χ2v) is 6.00. The van der Waals surface area contributed by atoms with Crippen molar-refractivity contribution in [1.82, 2.24) is 10.8 Å². The van der Waals surface area contributed by atoms with Gasteiger partial charge in [0.25, 0.3) is 0 Å². The van der Waals surface area contributed by atoms with Gasteiger partial charge in [-0.05, 0) is 44.9 Å². The minimum atomic E-state index is -0.645. The molecule has 0 fully saturated rings. The minimum absolute atomic E-state index is 0.115. The van der Waals surface area contributed by atoms with Gasteiger partial charge < -0.3 is 15.2 Å². The van der Waals surface area contributed by atoms with Gasteiger partial charge in [0.05, 0.1) is 13.0 Å². The van der Waals surface area contributed by atoms with Crippen molar-refractivity contribution < 1.29 is 24.3 Å². The summed E-state index contributed by atoms with van der Waals surface area (Å²) in [5.74, 6) is 0.0552. The van der Waals surface area contributed by atoms with Crippen LogP contribution in [0.4, 0.5) is 4.79 Å². The molecule has 0 spiro atoms. The third-order valence-corrected chi connectivity index (χ3v) is 2.60. The van der Waals surface area contributed by atoms with Gasteiger partial charge in [0, 0.05) is 6.54 Å². The van der Waals surface area contributed by atoms with Crippen molar-refractivity contribution in [1.29, 1.82) is 0 Å². The summed E-state index contributed by atoms with van der Waals surface area (Å²) in [6, 6.07) is 6.48. The van der Waals surface area contributed by atoms with Crippen molar-refractivity contribution in [2.45, 2.75) is 39.2 Å². The summed E-state index contributed by atoms with van der Waals surface area (Å²) in [5.41, 5.74) is 2.42. The number of benzene rings is 1. The molecule has 3 N–H and O–H groups in total. The van der Waals surface area contributed by atoms with E-state index in [1.54, 1.807) is 45.0 Å². The van der Waals surface area contributed by atoms with Crippen LogP contribution in [-0.4, -0.2) is 35.9 Å². The number of phenolic OH excluding ortho intramolecular Hbond substituents is 1. The highest BCUT2D eigenvalue weighted by Crippen LogP contribution is 2.09. The zero-order chi connectivity index (χ0) is 17.3. The van der Waals surface area contributed by atoms with Crippen LogP contribution in [0.5, 0.6) is 5.75 Å². The number of hydrogen-bond donors (Lipinski definition) is 3. The molecule has 0 saturated heterocycles. The molecule has 0 aliphatic carbocycles. The Bertz CT molecular complexity index is 508. The van der Waals surface area contributed by atoms with Gasteiger partial charge in [-0.1, -0.05) is 12.1 Å². The summed E-state index contributed by atoms with van der Waals surface area (Å²) < 4.78 is 4.99. The largest absolute Gasteiger partial charge is 0.508 e. The normalized spacial score (nSPS) is 10.9. The number of hydroxylamine groups is 1. The molecule has 7 nitrogen and oxygen atoms in total. The molecule has 1 aromatic rings. The lowest BCUT2D eigenvalue weighted by Gasteiger charge is -2.19. The lowest BCUT2D eigenvalue weighted by Crippen LogP contribution is -2.33. The first kappa shape index (κ1) is 18.8. The van der Waals surface area contributed by atoms with E-state index in [0.717, 1.165) is 5.56 Å². The van der Waals surface area contributed by atoms with Crippen LogP contribution in [0.1, 0.15) is 32.8 Å². The van der Waals surface area contributed by atoms with Crippen molar-refractivity contribution in [3.05, 3.63) is 29.8 Å². The molecule has 0 saturated carbocycles. The molecule has 0 bridgehead atoms. The highest BCUT2D eigenvalue weighted by atomic mass is 16.7. The number of phenols is 1.